The van der Waals surface area contributed by atoms with Crippen LogP contribution in [0.25, 0.3) is 10.8 Å². The van der Waals surface area contributed by atoms with Gasteiger partial charge in [-0.15, -0.1) is 0 Å². The Morgan fingerprint density at radius 1 is 0.800 bits per heavy atom. The molecule has 0 bridgehead atoms. The van der Waals surface area contributed by atoms with Crippen molar-refractivity contribution in [3.05, 3.63) is 87.4 Å². The maximum atomic E-state index is 12.6. The maximum Gasteiger partial charge on any atom is 0.272 e. The van der Waals surface area contributed by atoms with Gasteiger partial charge in [-0.2, -0.15) is 0 Å². The van der Waals surface area contributed by atoms with Gasteiger partial charge in [-0.1, -0.05) is 42.1 Å². The molecule has 1 aliphatic heterocycles. The van der Waals surface area contributed by atoms with E-state index >= 15 is 0 Å². The molecule has 2 heterocycles. The van der Waals surface area contributed by atoms with Crippen molar-refractivity contribution in [2.24, 2.45) is 0 Å². The standard InChI is InChI=1S/C25H21N5O4S/c31-21(12-13-30-17-8-1-3-10-19(17)35-20-11-4-2-9-18(20)30)26-14-22(32)27-16-7-5-6-15-23(16)25(34)29-28-24(15)33/h1-11H,12-14H2,(H,26,31)(H,27,32)(H,28,33)(H,29,34). The Morgan fingerprint density at radius 2 is 1.46 bits per heavy atom. The molecule has 10 heteroatoms. The summed E-state index contributed by atoms with van der Waals surface area (Å²) in [7, 11) is 0. The van der Waals surface area contributed by atoms with E-state index in [-0.39, 0.29) is 35.3 Å². The highest BCUT2D eigenvalue weighted by atomic mass is 32.2. The second-order valence-electron chi connectivity index (χ2n) is 7.90. The van der Waals surface area contributed by atoms with Crippen molar-refractivity contribution in [1.82, 2.24) is 15.5 Å². The van der Waals surface area contributed by atoms with E-state index in [1.54, 1.807) is 17.8 Å². The van der Waals surface area contributed by atoms with Crippen LogP contribution < -0.4 is 26.7 Å². The summed E-state index contributed by atoms with van der Waals surface area (Å²) >= 11 is 1.70. The van der Waals surface area contributed by atoms with Crippen LogP contribution in [0, 0.1) is 0 Å². The molecule has 35 heavy (non-hydrogen) atoms. The summed E-state index contributed by atoms with van der Waals surface area (Å²) in [6.07, 6.45) is 0.184. The first-order valence-electron chi connectivity index (χ1n) is 10.9. The Morgan fingerprint density at radius 3 is 2.17 bits per heavy atom. The number of anilines is 3. The third-order valence-electron chi connectivity index (χ3n) is 5.64. The summed E-state index contributed by atoms with van der Waals surface area (Å²) in [5, 5.41) is 9.97. The minimum Gasteiger partial charge on any atom is -0.347 e. The number of nitrogens with one attached hydrogen (secondary N) is 4. The number of rotatable bonds is 6. The van der Waals surface area contributed by atoms with Crippen LogP contribution in [-0.4, -0.2) is 35.1 Å². The van der Waals surface area contributed by atoms with Gasteiger partial charge in [0.05, 0.1) is 34.4 Å². The lowest BCUT2D eigenvalue weighted by atomic mass is 10.1. The quantitative estimate of drug-likeness (QED) is 0.331. The summed E-state index contributed by atoms with van der Waals surface area (Å²) in [5.41, 5.74) is 1.28. The van der Waals surface area contributed by atoms with Gasteiger partial charge in [0, 0.05) is 22.8 Å². The molecule has 0 spiro atoms. The minimum atomic E-state index is -0.528. The summed E-state index contributed by atoms with van der Waals surface area (Å²) in [6.45, 7) is 0.183. The number of fused-ring (bicyclic) bond motifs is 3. The first-order valence-corrected chi connectivity index (χ1v) is 11.8. The van der Waals surface area contributed by atoms with Crippen LogP contribution in [0.5, 0.6) is 0 Å². The smallest absolute Gasteiger partial charge is 0.272 e. The lowest BCUT2D eigenvalue weighted by Crippen LogP contribution is -2.35. The van der Waals surface area contributed by atoms with Crippen molar-refractivity contribution in [2.75, 3.05) is 23.3 Å². The topological polar surface area (TPSA) is 127 Å². The molecule has 0 unspecified atom stereocenters. The zero-order chi connectivity index (χ0) is 24.4. The van der Waals surface area contributed by atoms with E-state index in [9.17, 15) is 19.2 Å². The minimum absolute atomic E-state index is 0.0798. The summed E-state index contributed by atoms with van der Waals surface area (Å²) in [5.74, 6) is -0.781. The largest absolute Gasteiger partial charge is 0.347 e. The Bertz CT molecular complexity index is 1520. The first kappa shape index (κ1) is 22.5. The van der Waals surface area contributed by atoms with E-state index in [0.717, 1.165) is 21.2 Å². The average Bonchev–Trinajstić information content (AvgIpc) is 2.87. The van der Waals surface area contributed by atoms with Gasteiger partial charge in [0.2, 0.25) is 11.8 Å². The SMILES string of the molecule is O=C(CCN1c2ccccc2Sc2ccccc21)NCC(=O)Nc1cccc2c(=O)[nH][nH]c(=O)c12. The molecule has 9 nitrogen and oxygen atoms in total. The third-order valence-corrected chi connectivity index (χ3v) is 6.77. The number of H-pyrrole nitrogens is 2. The molecule has 2 amide bonds. The van der Waals surface area contributed by atoms with Gasteiger partial charge in [0.15, 0.2) is 0 Å². The van der Waals surface area contributed by atoms with Gasteiger partial charge in [-0.3, -0.25) is 29.4 Å². The van der Waals surface area contributed by atoms with E-state index in [1.807, 2.05) is 36.4 Å². The normalized spacial score (nSPS) is 12.1. The molecule has 0 saturated heterocycles. The highest BCUT2D eigenvalue weighted by Crippen LogP contribution is 2.47. The number of hydrogen-bond acceptors (Lipinski definition) is 6. The molecular weight excluding hydrogens is 466 g/mol. The fourth-order valence-electron chi connectivity index (χ4n) is 4.03. The molecule has 0 atom stereocenters. The van der Waals surface area contributed by atoms with Gasteiger partial charge in [0.1, 0.15) is 0 Å². The van der Waals surface area contributed by atoms with Crippen molar-refractivity contribution in [1.29, 1.82) is 0 Å². The van der Waals surface area contributed by atoms with Crippen LogP contribution in [0.3, 0.4) is 0 Å². The van der Waals surface area contributed by atoms with E-state index in [0.29, 0.717) is 6.54 Å². The Hall–Kier alpha value is -4.31. The summed E-state index contributed by atoms with van der Waals surface area (Å²) in [4.78, 5) is 53.5. The zero-order valence-electron chi connectivity index (χ0n) is 18.5. The number of nitrogens with zero attached hydrogens (tertiary/aromatic N) is 1. The highest BCUT2D eigenvalue weighted by molar-refractivity contribution is 7.99. The molecule has 4 N–H and O–H groups in total. The number of carbonyl (C=O) groups excluding carboxylic acids is 2. The molecule has 176 valence electrons. The molecule has 0 aliphatic carbocycles. The number of para-hydroxylation sites is 2. The fourth-order valence-corrected chi connectivity index (χ4v) is 5.13. The van der Waals surface area contributed by atoms with Crippen molar-refractivity contribution < 1.29 is 9.59 Å². The van der Waals surface area contributed by atoms with Gasteiger partial charge < -0.3 is 15.5 Å². The Balaban J connectivity index is 1.23. The number of amides is 2. The molecule has 0 fully saturated rings. The molecule has 1 aromatic heterocycles. The molecule has 4 aromatic rings. The van der Waals surface area contributed by atoms with Crippen LogP contribution in [0.15, 0.2) is 86.1 Å². The molecular formula is C25H21N5O4S. The van der Waals surface area contributed by atoms with Crippen LogP contribution >= 0.6 is 11.8 Å². The van der Waals surface area contributed by atoms with E-state index in [2.05, 4.69) is 37.9 Å². The number of hydrogen-bond donors (Lipinski definition) is 4. The van der Waals surface area contributed by atoms with Gasteiger partial charge >= 0.3 is 0 Å². The number of carbonyl (C=O) groups is 2. The Labute approximate surface area is 203 Å². The highest BCUT2D eigenvalue weighted by Gasteiger charge is 2.23. The van der Waals surface area contributed by atoms with Crippen molar-refractivity contribution in [3.63, 3.8) is 0 Å². The fraction of sp³-hybridized carbons (Fsp3) is 0.120. The monoisotopic (exact) mass is 487 g/mol. The van der Waals surface area contributed by atoms with E-state index in [1.165, 1.54) is 12.1 Å². The second kappa shape index (κ2) is 9.51. The lowest BCUT2D eigenvalue weighted by molar-refractivity contribution is -0.124. The average molecular weight is 488 g/mol. The molecule has 5 rings (SSSR count). The molecule has 0 saturated carbocycles. The van der Waals surface area contributed by atoms with Crippen molar-refractivity contribution in [3.8, 4) is 0 Å². The third kappa shape index (κ3) is 4.56. The van der Waals surface area contributed by atoms with Crippen LogP contribution in [0.4, 0.5) is 17.1 Å². The zero-order valence-corrected chi connectivity index (χ0v) is 19.3. The van der Waals surface area contributed by atoms with Crippen molar-refractivity contribution >= 4 is 51.4 Å². The predicted molar refractivity (Wildman–Crippen MR) is 135 cm³/mol. The van der Waals surface area contributed by atoms with Gasteiger partial charge in [-0.05, 0) is 36.4 Å². The number of aromatic amines is 2. The van der Waals surface area contributed by atoms with Crippen LogP contribution in [0.1, 0.15) is 6.42 Å². The first-order chi connectivity index (χ1) is 17.0. The lowest BCUT2D eigenvalue weighted by Gasteiger charge is -2.32. The van der Waals surface area contributed by atoms with E-state index in [4.69, 9.17) is 0 Å². The molecule has 3 aromatic carbocycles. The Kier molecular flexibility index (Phi) is 6.11. The van der Waals surface area contributed by atoms with Crippen LogP contribution in [-0.2, 0) is 9.59 Å². The number of benzene rings is 3. The van der Waals surface area contributed by atoms with Crippen LogP contribution in [0.2, 0.25) is 0 Å². The second-order valence-corrected chi connectivity index (χ2v) is 8.98. The predicted octanol–water partition coefficient (Wildman–Crippen LogP) is 2.96. The maximum absolute atomic E-state index is 12.6. The van der Waals surface area contributed by atoms with E-state index < -0.39 is 17.0 Å². The van der Waals surface area contributed by atoms with Crippen molar-refractivity contribution in [2.45, 2.75) is 16.2 Å². The number of aromatic nitrogens is 2. The van der Waals surface area contributed by atoms with Gasteiger partial charge in [-0.25, -0.2) is 0 Å². The summed E-state index contributed by atoms with van der Waals surface area (Å²) in [6, 6.07) is 20.7. The molecule has 1 aliphatic rings. The molecule has 0 radical (unpaired) electrons. The van der Waals surface area contributed by atoms with Gasteiger partial charge in [0.25, 0.3) is 11.1 Å². The summed E-state index contributed by atoms with van der Waals surface area (Å²) < 4.78 is 0.